The van der Waals surface area contributed by atoms with Crippen LogP contribution in [0.5, 0.6) is 11.5 Å². The molecule has 0 aliphatic rings. The van der Waals surface area contributed by atoms with E-state index < -0.39 is 26.4 Å². The van der Waals surface area contributed by atoms with Crippen LogP contribution in [0.4, 0.5) is 11.4 Å². The Morgan fingerprint density at radius 2 is 1.59 bits per heavy atom. The first-order valence-corrected chi connectivity index (χ1v) is 13.9. The van der Waals surface area contributed by atoms with Crippen LogP contribution in [-0.4, -0.2) is 24.8 Å². The van der Waals surface area contributed by atoms with Gasteiger partial charge in [0.15, 0.2) is 0 Å². The van der Waals surface area contributed by atoms with E-state index in [2.05, 4.69) is 10.0 Å². The lowest BCUT2D eigenvalue weighted by molar-refractivity contribution is -0.384. The van der Waals surface area contributed by atoms with Gasteiger partial charge in [0, 0.05) is 28.9 Å². The summed E-state index contributed by atoms with van der Waals surface area (Å²) < 4.78 is 34.6. The number of non-ortho nitro benzene ring substituents is 1. The fourth-order valence-electron chi connectivity index (χ4n) is 3.99. The number of nitro benzene ring substituents is 1. The number of hydrogen-bond donors (Lipinski definition) is 2. The third kappa shape index (κ3) is 6.94. The van der Waals surface area contributed by atoms with Gasteiger partial charge in [-0.15, -0.1) is 0 Å². The molecule has 0 radical (unpaired) electrons. The first kappa shape index (κ1) is 28.9. The number of amides is 1. The lowest BCUT2D eigenvalue weighted by atomic mass is 10.1. The van der Waals surface area contributed by atoms with E-state index in [1.165, 1.54) is 18.2 Å². The number of carbonyl (C=O) groups is 1. The van der Waals surface area contributed by atoms with Crippen LogP contribution < -0.4 is 14.8 Å². The maximum atomic E-state index is 13.3. The summed E-state index contributed by atoms with van der Waals surface area (Å²) in [6.45, 7) is 5.26. The van der Waals surface area contributed by atoms with Crippen LogP contribution in [0, 0.1) is 21.4 Å². The molecule has 4 aromatic rings. The molecule has 0 spiro atoms. The molecule has 0 atom stereocenters. The van der Waals surface area contributed by atoms with Gasteiger partial charge >= 0.3 is 0 Å². The Bertz CT molecular complexity index is 1770. The second-order valence-electron chi connectivity index (χ2n) is 10.0. The Morgan fingerprint density at radius 3 is 2.24 bits per heavy atom. The fourth-order valence-corrected chi connectivity index (χ4v) is 5.64. The molecule has 0 fully saturated rings. The van der Waals surface area contributed by atoms with Gasteiger partial charge in [-0.1, -0.05) is 42.5 Å². The van der Waals surface area contributed by atoms with E-state index in [1.54, 1.807) is 87.5 Å². The van der Waals surface area contributed by atoms with E-state index in [4.69, 9.17) is 4.74 Å². The molecule has 0 saturated carbocycles. The molecule has 0 unspecified atom stereocenters. The predicted molar refractivity (Wildman–Crippen MR) is 154 cm³/mol. The number of nitrogens with zero attached hydrogens (tertiary/aromatic N) is 2. The van der Waals surface area contributed by atoms with Gasteiger partial charge in [0.1, 0.15) is 17.6 Å². The Morgan fingerprint density at radius 1 is 0.927 bits per heavy atom. The second kappa shape index (κ2) is 11.6. The summed E-state index contributed by atoms with van der Waals surface area (Å²) in [5.74, 6) is -0.460. The summed E-state index contributed by atoms with van der Waals surface area (Å²) in [7, 11) is -3.82. The van der Waals surface area contributed by atoms with Crippen LogP contribution in [0.15, 0.2) is 95.9 Å². The van der Waals surface area contributed by atoms with Gasteiger partial charge in [0.05, 0.1) is 20.9 Å². The van der Waals surface area contributed by atoms with E-state index in [-0.39, 0.29) is 33.2 Å². The molecule has 0 saturated heterocycles. The van der Waals surface area contributed by atoms with E-state index in [0.717, 1.165) is 6.07 Å². The summed E-state index contributed by atoms with van der Waals surface area (Å²) >= 11 is 0. The van der Waals surface area contributed by atoms with Gasteiger partial charge in [-0.2, -0.15) is 5.26 Å². The van der Waals surface area contributed by atoms with E-state index >= 15 is 0 Å². The number of nitro groups is 1. The number of nitrogens with one attached hydrogen (secondary N) is 2. The number of benzene rings is 4. The largest absolute Gasteiger partial charge is 0.455 e. The van der Waals surface area contributed by atoms with Gasteiger partial charge in [-0.25, -0.2) is 13.1 Å². The normalized spacial score (nSPS) is 11.4. The number of para-hydroxylation sites is 1. The van der Waals surface area contributed by atoms with Crippen molar-refractivity contribution in [1.29, 1.82) is 5.26 Å². The smallest absolute Gasteiger partial charge is 0.270 e. The average Bonchev–Trinajstić information content (AvgIpc) is 2.92. The van der Waals surface area contributed by atoms with Crippen molar-refractivity contribution >= 4 is 27.3 Å². The molecule has 208 valence electrons. The quantitative estimate of drug-likeness (QED) is 0.187. The Kier molecular flexibility index (Phi) is 8.18. The van der Waals surface area contributed by atoms with Crippen LogP contribution in [0.3, 0.4) is 0 Å². The Labute approximate surface area is 237 Å². The first-order chi connectivity index (χ1) is 19.4. The SMILES string of the molecule is CC(C)(C)NS(=O)(=O)c1ccccc1-c1ccc(NC(=O)c2cc([N+](=O)[O-])ccc2Oc2ccccc2C#N)cc1. The summed E-state index contributed by atoms with van der Waals surface area (Å²) in [6, 6.07) is 25.1. The lowest BCUT2D eigenvalue weighted by Gasteiger charge is -2.21. The van der Waals surface area contributed by atoms with Crippen molar-refractivity contribution in [2.45, 2.75) is 31.2 Å². The van der Waals surface area contributed by atoms with Gasteiger partial charge in [0.2, 0.25) is 10.0 Å². The minimum absolute atomic E-state index is 0.0258. The summed E-state index contributed by atoms with van der Waals surface area (Å²) in [6.07, 6.45) is 0. The molecule has 4 rings (SSSR count). The third-order valence-corrected chi connectivity index (χ3v) is 7.53. The van der Waals surface area contributed by atoms with Gasteiger partial charge < -0.3 is 10.1 Å². The first-order valence-electron chi connectivity index (χ1n) is 12.4. The number of nitriles is 1. The van der Waals surface area contributed by atoms with E-state index in [0.29, 0.717) is 16.8 Å². The molecular weight excluding hydrogens is 544 g/mol. The molecule has 10 nitrogen and oxygen atoms in total. The van der Waals surface area contributed by atoms with Gasteiger partial charge in [-0.3, -0.25) is 14.9 Å². The summed E-state index contributed by atoms with van der Waals surface area (Å²) in [5, 5.41) is 23.5. The molecule has 0 aromatic heterocycles. The maximum Gasteiger partial charge on any atom is 0.270 e. The number of carbonyl (C=O) groups excluding carboxylic acids is 1. The van der Waals surface area contributed by atoms with Crippen LogP contribution in [0.25, 0.3) is 11.1 Å². The molecule has 0 aliphatic carbocycles. The van der Waals surface area contributed by atoms with Gasteiger partial charge in [0.25, 0.3) is 11.6 Å². The highest BCUT2D eigenvalue weighted by atomic mass is 32.2. The van der Waals surface area contributed by atoms with Gasteiger partial charge in [-0.05, 0) is 62.7 Å². The monoisotopic (exact) mass is 570 g/mol. The van der Waals surface area contributed by atoms with Crippen molar-refractivity contribution in [2.24, 2.45) is 0 Å². The number of rotatable bonds is 8. The Hall–Kier alpha value is -5.05. The van der Waals surface area contributed by atoms with Crippen LogP contribution in [0.1, 0.15) is 36.7 Å². The molecule has 1 amide bonds. The molecule has 4 aromatic carbocycles. The highest BCUT2D eigenvalue weighted by Gasteiger charge is 2.25. The molecule has 0 heterocycles. The zero-order valence-electron chi connectivity index (χ0n) is 22.4. The van der Waals surface area contributed by atoms with Crippen molar-refractivity contribution in [1.82, 2.24) is 4.72 Å². The number of sulfonamides is 1. The highest BCUT2D eigenvalue weighted by Crippen LogP contribution is 2.32. The van der Waals surface area contributed by atoms with Crippen LogP contribution in [-0.2, 0) is 10.0 Å². The molecule has 11 heteroatoms. The summed E-state index contributed by atoms with van der Waals surface area (Å²) in [4.78, 5) is 24.1. The topological polar surface area (TPSA) is 151 Å². The fraction of sp³-hybridized carbons (Fsp3) is 0.133. The number of ether oxygens (including phenoxy) is 1. The van der Waals surface area contributed by atoms with Crippen molar-refractivity contribution in [2.75, 3.05) is 5.32 Å². The average molecular weight is 571 g/mol. The van der Waals surface area contributed by atoms with Crippen LogP contribution >= 0.6 is 0 Å². The minimum Gasteiger partial charge on any atom is -0.455 e. The Balaban J connectivity index is 1.63. The second-order valence-corrected chi connectivity index (χ2v) is 11.7. The van der Waals surface area contributed by atoms with Crippen molar-refractivity contribution in [3.8, 4) is 28.7 Å². The molecular formula is C30H26N4O6S. The predicted octanol–water partition coefficient (Wildman–Crippen LogP) is 6.25. The third-order valence-electron chi connectivity index (χ3n) is 5.72. The summed E-state index contributed by atoms with van der Waals surface area (Å²) in [5.41, 5.74) is 0.577. The molecule has 2 N–H and O–H groups in total. The maximum absolute atomic E-state index is 13.3. The lowest BCUT2D eigenvalue weighted by Crippen LogP contribution is -2.40. The number of anilines is 1. The molecule has 41 heavy (non-hydrogen) atoms. The van der Waals surface area contributed by atoms with Crippen molar-refractivity contribution in [3.05, 3.63) is 112 Å². The highest BCUT2D eigenvalue weighted by molar-refractivity contribution is 7.89. The number of hydrogen-bond acceptors (Lipinski definition) is 7. The van der Waals surface area contributed by atoms with E-state index in [9.17, 15) is 28.6 Å². The van der Waals surface area contributed by atoms with E-state index in [1.807, 2.05) is 6.07 Å². The zero-order chi connectivity index (χ0) is 29.8. The van der Waals surface area contributed by atoms with Crippen LogP contribution in [0.2, 0.25) is 0 Å². The molecule has 0 bridgehead atoms. The minimum atomic E-state index is -3.82. The standard InChI is InChI=1S/C30H26N4O6S/c1-30(2,3)33-41(38,39)28-11-7-5-9-24(28)20-12-14-22(15-13-20)32-29(35)25-18-23(34(36)37)16-17-27(25)40-26-10-6-4-8-21(26)19-31/h4-18,33H,1-3H3,(H,32,35). The van der Waals surface area contributed by atoms with Crippen molar-refractivity contribution < 1.29 is 22.9 Å². The van der Waals surface area contributed by atoms with Crippen molar-refractivity contribution in [3.63, 3.8) is 0 Å². The zero-order valence-corrected chi connectivity index (χ0v) is 23.2. The molecule has 0 aliphatic heterocycles.